The van der Waals surface area contributed by atoms with E-state index in [9.17, 15) is 14.0 Å². The molecule has 1 aromatic heterocycles. The van der Waals surface area contributed by atoms with Gasteiger partial charge in [-0.3, -0.25) is 9.59 Å². The van der Waals surface area contributed by atoms with Crippen molar-refractivity contribution in [2.75, 3.05) is 0 Å². The number of carbonyl (C=O) groups is 2. The second kappa shape index (κ2) is 7.51. The van der Waals surface area contributed by atoms with Crippen molar-refractivity contribution in [3.8, 4) is 11.3 Å². The van der Waals surface area contributed by atoms with Crippen molar-refractivity contribution in [3.63, 3.8) is 0 Å². The van der Waals surface area contributed by atoms with Crippen LogP contribution in [0.15, 0.2) is 40.8 Å². The summed E-state index contributed by atoms with van der Waals surface area (Å²) in [5.74, 6) is -0.125. The highest BCUT2D eigenvalue weighted by Crippen LogP contribution is 2.25. The van der Waals surface area contributed by atoms with Gasteiger partial charge in [-0.1, -0.05) is 12.1 Å². The predicted octanol–water partition coefficient (Wildman–Crippen LogP) is 3.23. The largest absolute Gasteiger partial charge is 0.461 e. The molecule has 1 aliphatic carbocycles. The third kappa shape index (κ3) is 4.68. The zero-order valence-corrected chi connectivity index (χ0v) is 14.0. The predicted molar refractivity (Wildman–Crippen MR) is 89.1 cm³/mol. The Morgan fingerprint density at radius 3 is 2.76 bits per heavy atom. The third-order valence-electron chi connectivity index (χ3n) is 3.98. The van der Waals surface area contributed by atoms with Crippen molar-refractivity contribution in [2.24, 2.45) is 0 Å². The summed E-state index contributed by atoms with van der Waals surface area (Å²) in [6.45, 7) is 1.55. The zero-order valence-electron chi connectivity index (χ0n) is 14.0. The minimum Gasteiger partial charge on any atom is -0.461 e. The average Bonchev–Trinajstić information content (AvgIpc) is 3.28. The molecule has 5 nitrogen and oxygen atoms in total. The van der Waals surface area contributed by atoms with E-state index in [-0.39, 0.29) is 24.2 Å². The molecule has 1 aromatic carbocycles. The minimum atomic E-state index is -0.807. The molecule has 0 bridgehead atoms. The van der Waals surface area contributed by atoms with Crippen LogP contribution < -0.4 is 5.32 Å². The van der Waals surface area contributed by atoms with E-state index in [2.05, 4.69) is 5.32 Å². The highest BCUT2D eigenvalue weighted by atomic mass is 19.1. The van der Waals surface area contributed by atoms with Gasteiger partial charge in [0.1, 0.15) is 17.3 Å². The molecule has 1 atom stereocenters. The smallest absolute Gasteiger partial charge is 0.307 e. The fraction of sp³-hybridized carbons (Fsp3) is 0.368. The Bertz CT molecular complexity index is 766. The van der Waals surface area contributed by atoms with Gasteiger partial charge < -0.3 is 14.5 Å². The molecule has 0 spiro atoms. The summed E-state index contributed by atoms with van der Waals surface area (Å²) in [7, 11) is 0. The van der Waals surface area contributed by atoms with Gasteiger partial charge in [0.2, 0.25) is 0 Å². The Balaban J connectivity index is 1.49. The number of hydrogen-bond donors (Lipinski definition) is 1. The summed E-state index contributed by atoms with van der Waals surface area (Å²) in [4.78, 5) is 23.6. The van der Waals surface area contributed by atoms with Gasteiger partial charge >= 0.3 is 5.97 Å². The number of esters is 1. The fourth-order valence-corrected chi connectivity index (χ4v) is 2.40. The van der Waals surface area contributed by atoms with Crippen LogP contribution in [0.2, 0.25) is 0 Å². The number of ether oxygens (including phenoxy) is 1. The molecule has 1 amide bonds. The number of rotatable bonds is 7. The molecule has 1 heterocycles. The van der Waals surface area contributed by atoms with Crippen molar-refractivity contribution < 1.29 is 23.1 Å². The summed E-state index contributed by atoms with van der Waals surface area (Å²) in [6.07, 6.45) is 1.57. The van der Waals surface area contributed by atoms with Crippen molar-refractivity contribution in [1.29, 1.82) is 0 Å². The summed E-state index contributed by atoms with van der Waals surface area (Å²) in [5, 5.41) is 2.79. The van der Waals surface area contributed by atoms with Crippen LogP contribution in [0.1, 0.15) is 31.9 Å². The van der Waals surface area contributed by atoms with Gasteiger partial charge in [-0.15, -0.1) is 0 Å². The van der Waals surface area contributed by atoms with Gasteiger partial charge in [-0.2, -0.15) is 0 Å². The van der Waals surface area contributed by atoms with E-state index in [1.165, 1.54) is 6.07 Å². The Morgan fingerprint density at radius 2 is 2.04 bits per heavy atom. The Kier molecular flexibility index (Phi) is 5.16. The van der Waals surface area contributed by atoms with Crippen LogP contribution in [0, 0.1) is 5.82 Å². The molecule has 3 rings (SSSR count). The van der Waals surface area contributed by atoms with Crippen molar-refractivity contribution in [3.05, 3.63) is 48.0 Å². The summed E-state index contributed by atoms with van der Waals surface area (Å²) >= 11 is 0. The lowest BCUT2D eigenvalue weighted by Crippen LogP contribution is -2.37. The van der Waals surface area contributed by atoms with Gasteiger partial charge in [0.05, 0.1) is 12.0 Å². The molecular weight excluding hydrogens is 325 g/mol. The molecule has 0 unspecified atom stereocenters. The molecule has 0 aliphatic heterocycles. The first-order valence-corrected chi connectivity index (χ1v) is 8.36. The Morgan fingerprint density at radius 1 is 1.28 bits per heavy atom. The number of hydrogen-bond acceptors (Lipinski definition) is 4. The zero-order chi connectivity index (χ0) is 17.8. The third-order valence-corrected chi connectivity index (χ3v) is 3.98. The molecule has 0 saturated heterocycles. The first-order valence-electron chi connectivity index (χ1n) is 8.36. The second-order valence-electron chi connectivity index (χ2n) is 6.16. The quantitative estimate of drug-likeness (QED) is 0.782. The van der Waals surface area contributed by atoms with Gasteiger partial charge in [-0.25, -0.2) is 4.39 Å². The number of furan rings is 1. The molecular formula is C19H20FNO4. The topological polar surface area (TPSA) is 68.5 Å². The van der Waals surface area contributed by atoms with Crippen molar-refractivity contribution in [1.82, 2.24) is 5.32 Å². The normalized spacial score (nSPS) is 14.8. The number of amides is 1. The van der Waals surface area contributed by atoms with E-state index in [4.69, 9.17) is 9.15 Å². The molecule has 25 heavy (non-hydrogen) atoms. The van der Waals surface area contributed by atoms with Crippen LogP contribution in [0.3, 0.4) is 0 Å². The van der Waals surface area contributed by atoms with E-state index in [1.54, 1.807) is 37.3 Å². The first-order chi connectivity index (χ1) is 12.0. The minimum absolute atomic E-state index is 0.0886. The maximum Gasteiger partial charge on any atom is 0.307 e. The van der Waals surface area contributed by atoms with E-state index in [1.807, 2.05) is 0 Å². The van der Waals surface area contributed by atoms with Gasteiger partial charge in [0.15, 0.2) is 6.10 Å². The molecule has 2 aromatic rings. The highest BCUT2D eigenvalue weighted by Gasteiger charge is 2.27. The maximum absolute atomic E-state index is 13.7. The van der Waals surface area contributed by atoms with Crippen LogP contribution in [0.25, 0.3) is 11.3 Å². The van der Waals surface area contributed by atoms with Crippen LogP contribution in [-0.2, 0) is 20.7 Å². The summed E-state index contributed by atoms with van der Waals surface area (Å²) in [5.41, 5.74) is 0.377. The van der Waals surface area contributed by atoms with Gasteiger partial charge in [0.25, 0.3) is 5.91 Å². The Hall–Kier alpha value is -2.63. The van der Waals surface area contributed by atoms with Crippen molar-refractivity contribution >= 4 is 11.9 Å². The number of nitrogens with one attached hydrogen (secondary N) is 1. The number of halogens is 1. The van der Waals surface area contributed by atoms with Crippen LogP contribution >= 0.6 is 0 Å². The number of carbonyl (C=O) groups excluding carboxylic acids is 2. The molecule has 1 saturated carbocycles. The fourth-order valence-electron chi connectivity index (χ4n) is 2.40. The van der Waals surface area contributed by atoms with E-state index in [0.717, 1.165) is 12.8 Å². The van der Waals surface area contributed by atoms with Crippen molar-refractivity contribution in [2.45, 2.75) is 44.8 Å². The lowest BCUT2D eigenvalue weighted by Gasteiger charge is -2.12. The molecule has 1 N–H and O–H groups in total. The molecule has 0 radical (unpaired) electrons. The van der Waals surface area contributed by atoms with Crippen LogP contribution in [-0.4, -0.2) is 24.0 Å². The van der Waals surface area contributed by atoms with Crippen LogP contribution in [0.5, 0.6) is 0 Å². The number of benzene rings is 1. The van der Waals surface area contributed by atoms with Gasteiger partial charge in [0, 0.05) is 12.5 Å². The highest BCUT2D eigenvalue weighted by molar-refractivity contribution is 5.83. The van der Waals surface area contributed by atoms with E-state index < -0.39 is 12.1 Å². The summed E-state index contributed by atoms with van der Waals surface area (Å²) in [6, 6.07) is 9.94. The lowest BCUT2D eigenvalue weighted by molar-refractivity contribution is -0.154. The standard InChI is InChI=1S/C19H20FNO4/c1-12(19(23)21-13-6-7-13)24-18(22)11-9-14-8-10-17(25-14)15-4-2-3-5-16(15)20/h2-5,8,10,12-13H,6-7,9,11H2,1H3,(H,21,23)/t12-/m1/s1. The lowest BCUT2D eigenvalue weighted by atomic mass is 10.1. The molecule has 1 aliphatic rings. The van der Waals surface area contributed by atoms with Gasteiger partial charge in [-0.05, 0) is 44.0 Å². The van der Waals surface area contributed by atoms with Crippen LogP contribution in [0.4, 0.5) is 4.39 Å². The molecule has 6 heteroatoms. The Labute approximate surface area is 145 Å². The molecule has 1 fully saturated rings. The average molecular weight is 345 g/mol. The molecule has 132 valence electrons. The maximum atomic E-state index is 13.7. The first kappa shape index (κ1) is 17.2. The second-order valence-corrected chi connectivity index (χ2v) is 6.16. The monoisotopic (exact) mass is 345 g/mol. The number of aryl methyl sites for hydroxylation is 1. The SMILES string of the molecule is C[C@@H](OC(=O)CCc1ccc(-c2ccccc2F)o1)C(=O)NC1CC1. The van der Waals surface area contributed by atoms with E-state index >= 15 is 0 Å². The summed E-state index contributed by atoms with van der Waals surface area (Å²) < 4.78 is 24.4. The van der Waals surface area contributed by atoms with E-state index in [0.29, 0.717) is 23.5 Å².